The number of alkyl halides is 3. The van der Waals surface area contributed by atoms with Crippen LogP contribution >= 0.6 is 0 Å². The van der Waals surface area contributed by atoms with E-state index in [2.05, 4.69) is 19.6 Å². The van der Waals surface area contributed by atoms with Crippen molar-refractivity contribution in [2.45, 2.75) is 70.1 Å². The van der Waals surface area contributed by atoms with Gasteiger partial charge < -0.3 is 15.4 Å². The van der Waals surface area contributed by atoms with E-state index in [0.29, 0.717) is 44.6 Å². The zero-order chi connectivity index (χ0) is 22.2. The molecule has 4 nitrogen and oxygen atoms in total. The number of nitrogens with zero attached hydrogens (tertiary/aromatic N) is 1. The van der Waals surface area contributed by atoms with E-state index in [1.54, 1.807) is 11.0 Å². The number of benzene rings is 1. The quantitative estimate of drug-likeness (QED) is 0.523. The first-order valence-electron chi connectivity index (χ1n) is 10.7. The summed E-state index contributed by atoms with van der Waals surface area (Å²) in [6.07, 6.45) is -1.80. The van der Waals surface area contributed by atoms with Crippen molar-refractivity contribution < 1.29 is 22.7 Å². The number of carbonyl (C=O) groups is 1. The summed E-state index contributed by atoms with van der Waals surface area (Å²) < 4.78 is 45.3. The molecule has 0 radical (unpaired) electrons. The summed E-state index contributed by atoms with van der Waals surface area (Å²) in [6.45, 7) is 8.55. The zero-order valence-electron chi connectivity index (χ0n) is 18.1. The highest BCUT2D eigenvalue weighted by molar-refractivity contribution is 6.76. The number of nitrogens with two attached hydrogens (primary N) is 1. The van der Waals surface area contributed by atoms with Gasteiger partial charge in [0.1, 0.15) is 0 Å². The Bertz CT molecular complexity index is 779. The molecule has 2 atom stereocenters. The van der Waals surface area contributed by atoms with Crippen LogP contribution in [0.15, 0.2) is 18.2 Å². The highest BCUT2D eigenvalue weighted by Gasteiger charge is 2.47. The normalized spacial score (nSPS) is 24.8. The molecule has 1 aromatic carbocycles. The first-order chi connectivity index (χ1) is 13.9. The molecule has 0 spiro atoms. The smallest absolute Gasteiger partial charge is 0.381 e. The van der Waals surface area contributed by atoms with E-state index in [1.165, 1.54) is 6.07 Å². The van der Waals surface area contributed by atoms with Crippen LogP contribution in [-0.2, 0) is 28.7 Å². The van der Waals surface area contributed by atoms with Gasteiger partial charge in [-0.25, -0.2) is 0 Å². The van der Waals surface area contributed by atoms with Gasteiger partial charge in [0.15, 0.2) is 0 Å². The summed E-state index contributed by atoms with van der Waals surface area (Å²) in [5.41, 5.74) is 6.30. The maximum absolute atomic E-state index is 13.5. The molecule has 1 heterocycles. The predicted molar refractivity (Wildman–Crippen MR) is 114 cm³/mol. The Morgan fingerprint density at radius 2 is 2.03 bits per heavy atom. The van der Waals surface area contributed by atoms with E-state index in [-0.39, 0.29) is 18.5 Å². The molecule has 2 N–H and O–H groups in total. The molecule has 168 valence electrons. The van der Waals surface area contributed by atoms with Gasteiger partial charge in [0.2, 0.25) is 5.91 Å². The fourth-order valence-electron chi connectivity index (χ4n) is 4.44. The van der Waals surface area contributed by atoms with Crippen LogP contribution in [0.4, 0.5) is 13.2 Å². The Labute approximate surface area is 178 Å². The van der Waals surface area contributed by atoms with Crippen LogP contribution < -0.4 is 5.73 Å². The van der Waals surface area contributed by atoms with Crippen LogP contribution in [0.1, 0.15) is 36.0 Å². The fourth-order valence-corrected chi connectivity index (χ4v) is 5.20. The maximum Gasteiger partial charge on any atom is 0.416 e. The SMILES string of the molecule is C[Si](C)(C)CCOC[C@]1(C(=O)N2CCc3ccc(C(F)(F)F)cc3C2)CC[C@@H](N)C1. The van der Waals surface area contributed by atoms with E-state index in [9.17, 15) is 18.0 Å². The molecule has 1 aliphatic carbocycles. The number of ether oxygens (including phenoxy) is 1. The Hall–Kier alpha value is -1.38. The second-order valence-corrected chi connectivity index (χ2v) is 15.7. The molecule has 1 fully saturated rings. The van der Waals surface area contributed by atoms with Gasteiger partial charge in [-0.05, 0) is 55.0 Å². The summed E-state index contributed by atoms with van der Waals surface area (Å²) in [7, 11) is -1.23. The number of rotatable bonds is 6. The molecule has 1 aromatic rings. The van der Waals surface area contributed by atoms with Gasteiger partial charge in [-0.2, -0.15) is 13.2 Å². The summed E-state index contributed by atoms with van der Waals surface area (Å²) in [5, 5.41) is 0. The van der Waals surface area contributed by atoms with E-state index in [0.717, 1.165) is 24.1 Å². The van der Waals surface area contributed by atoms with Crippen molar-refractivity contribution in [1.29, 1.82) is 0 Å². The fraction of sp³-hybridized carbons (Fsp3) is 0.682. The Morgan fingerprint density at radius 3 is 2.63 bits per heavy atom. The largest absolute Gasteiger partial charge is 0.416 e. The standard InChI is InChI=1S/C22H33F3N2O2Si/c1-30(2,3)11-10-29-15-21(8-6-19(26)13-21)20(28)27-9-7-16-4-5-18(22(23,24)25)12-17(16)14-27/h4-5,12,19H,6-11,13-15,26H2,1-3H3/t19-,21+/m1/s1. The average Bonchev–Trinajstić information content (AvgIpc) is 3.04. The first kappa shape index (κ1) is 23.3. The van der Waals surface area contributed by atoms with Gasteiger partial charge in [-0.1, -0.05) is 25.7 Å². The second kappa shape index (κ2) is 8.63. The minimum absolute atomic E-state index is 0.0217. The molecule has 0 bridgehead atoms. The molecule has 1 saturated carbocycles. The van der Waals surface area contributed by atoms with Crippen molar-refractivity contribution in [1.82, 2.24) is 4.90 Å². The minimum atomic E-state index is -4.38. The van der Waals surface area contributed by atoms with Gasteiger partial charge in [0.05, 0.1) is 17.6 Å². The number of fused-ring (bicyclic) bond motifs is 1. The predicted octanol–water partition coefficient (Wildman–Crippen LogP) is 4.44. The number of hydrogen-bond donors (Lipinski definition) is 1. The monoisotopic (exact) mass is 442 g/mol. The lowest BCUT2D eigenvalue weighted by atomic mass is 9.84. The Balaban J connectivity index is 1.73. The number of carbonyl (C=O) groups excluding carboxylic acids is 1. The van der Waals surface area contributed by atoms with E-state index >= 15 is 0 Å². The topological polar surface area (TPSA) is 55.6 Å². The van der Waals surface area contributed by atoms with E-state index in [1.807, 2.05) is 0 Å². The highest BCUT2D eigenvalue weighted by atomic mass is 28.3. The molecule has 0 unspecified atom stereocenters. The Kier molecular flexibility index (Phi) is 6.70. The molecule has 8 heteroatoms. The van der Waals surface area contributed by atoms with Crippen molar-refractivity contribution in [3.05, 3.63) is 34.9 Å². The van der Waals surface area contributed by atoms with Crippen LogP contribution in [-0.4, -0.2) is 44.7 Å². The summed E-state index contributed by atoms with van der Waals surface area (Å²) >= 11 is 0. The summed E-state index contributed by atoms with van der Waals surface area (Å²) in [4.78, 5) is 15.2. The minimum Gasteiger partial charge on any atom is -0.381 e. The highest BCUT2D eigenvalue weighted by Crippen LogP contribution is 2.41. The average molecular weight is 443 g/mol. The van der Waals surface area contributed by atoms with Gasteiger partial charge in [0.25, 0.3) is 0 Å². The lowest BCUT2D eigenvalue weighted by Crippen LogP contribution is -2.48. The van der Waals surface area contributed by atoms with Crippen LogP contribution in [0.5, 0.6) is 0 Å². The summed E-state index contributed by atoms with van der Waals surface area (Å²) in [5.74, 6) is -0.0217. The van der Waals surface area contributed by atoms with Crippen LogP contribution in [0, 0.1) is 5.41 Å². The first-order valence-corrected chi connectivity index (χ1v) is 14.4. The van der Waals surface area contributed by atoms with Gasteiger partial charge >= 0.3 is 6.18 Å². The van der Waals surface area contributed by atoms with Gasteiger partial charge in [-0.3, -0.25) is 4.79 Å². The van der Waals surface area contributed by atoms with Crippen LogP contribution in [0.3, 0.4) is 0 Å². The third-order valence-corrected chi connectivity index (χ3v) is 8.01. The molecule has 30 heavy (non-hydrogen) atoms. The van der Waals surface area contributed by atoms with Crippen molar-refractivity contribution in [2.24, 2.45) is 11.1 Å². The molecular weight excluding hydrogens is 409 g/mol. The van der Waals surface area contributed by atoms with Crippen LogP contribution in [0.25, 0.3) is 0 Å². The van der Waals surface area contributed by atoms with Crippen molar-refractivity contribution in [3.8, 4) is 0 Å². The molecule has 0 aromatic heterocycles. The summed E-state index contributed by atoms with van der Waals surface area (Å²) in [6, 6.07) is 4.84. The number of hydrogen-bond acceptors (Lipinski definition) is 3. The van der Waals surface area contributed by atoms with Crippen LogP contribution in [0.2, 0.25) is 25.7 Å². The van der Waals surface area contributed by atoms with E-state index < -0.39 is 25.2 Å². The third-order valence-electron chi connectivity index (χ3n) is 6.31. The molecule has 2 aliphatic rings. The molecule has 3 rings (SSSR count). The van der Waals surface area contributed by atoms with Crippen molar-refractivity contribution in [3.63, 3.8) is 0 Å². The zero-order valence-corrected chi connectivity index (χ0v) is 19.1. The molecule has 1 amide bonds. The number of amides is 1. The molecule has 0 saturated heterocycles. The van der Waals surface area contributed by atoms with Gasteiger partial charge in [-0.15, -0.1) is 0 Å². The third kappa shape index (κ3) is 5.45. The number of halogens is 3. The Morgan fingerprint density at radius 1 is 1.30 bits per heavy atom. The van der Waals surface area contributed by atoms with E-state index in [4.69, 9.17) is 10.5 Å². The van der Waals surface area contributed by atoms with Crippen molar-refractivity contribution >= 4 is 14.0 Å². The lowest BCUT2D eigenvalue weighted by Gasteiger charge is -2.37. The molecule has 1 aliphatic heterocycles. The second-order valence-electron chi connectivity index (χ2n) is 10.1. The van der Waals surface area contributed by atoms with Gasteiger partial charge in [0, 0.05) is 33.8 Å². The lowest BCUT2D eigenvalue weighted by molar-refractivity contribution is -0.146. The van der Waals surface area contributed by atoms with Crippen molar-refractivity contribution in [2.75, 3.05) is 19.8 Å². The molecular formula is C22H33F3N2O2Si. The maximum atomic E-state index is 13.5.